The first-order chi connectivity index (χ1) is 7.49. The van der Waals surface area contributed by atoms with Crippen molar-refractivity contribution in [2.24, 2.45) is 11.7 Å². The molecule has 0 radical (unpaired) electrons. The van der Waals surface area contributed by atoms with Crippen molar-refractivity contribution < 1.29 is 17.9 Å². The Hall–Kier alpha value is -0.290. The Morgan fingerprint density at radius 2 is 1.88 bits per heavy atom. The summed E-state index contributed by atoms with van der Waals surface area (Å²) in [4.78, 5) is 0. The summed E-state index contributed by atoms with van der Waals surface area (Å²) in [5.41, 5.74) is 5.90. The van der Waals surface area contributed by atoms with Crippen molar-refractivity contribution in [2.75, 3.05) is 13.2 Å². The number of rotatable bonds is 8. The van der Waals surface area contributed by atoms with E-state index >= 15 is 0 Å². The molecule has 0 spiro atoms. The molecule has 16 heavy (non-hydrogen) atoms. The number of hydrogen-bond acceptors (Lipinski definition) is 2. The summed E-state index contributed by atoms with van der Waals surface area (Å²) >= 11 is 0. The average molecular weight is 239 g/mol. The van der Waals surface area contributed by atoms with Gasteiger partial charge in [0.15, 0.2) is 0 Å². The maximum Gasteiger partial charge on any atom is 0.411 e. The highest BCUT2D eigenvalue weighted by Gasteiger charge is 2.28. The van der Waals surface area contributed by atoms with Crippen molar-refractivity contribution in [2.45, 2.75) is 50.7 Å². The molecule has 0 aromatic heterocycles. The monoisotopic (exact) mass is 239 g/mol. The molecular weight excluding hydrogens is 219 g/mol. The van der Waals surface area contributed by atoms with E-state index < -0.39 is 12.8 Å². The summed E-state index contributed by atoms with van der Waals surface area (Å²) in [7, 11) is 0. The van der Waals surface area contributed by atoms with Crippen LogP contribution in [0.2, 0.25) is 0 Å². The van der Waals surface area contributed by atoms with E-state index in [1.807, 2.05) is 0 Å². The predicted octanol–water partition coefficient (Wildman–Crippen LogP) is 2.86. The number of halogens is 3. The van der Waals surface area contributed by atoms with Gasteiger partial charge in [0.05, 0.1) is 0 Å². The van der Waals surface area contributed by atoms with E-state index in [9.17, 15) is 13.2 Å². The summed E-state index contributed by atoms with van der Waals surface area (Å²) in [5, 5.41) is 0. The molecule has 1 unspecified atom stereocenters. The molecule has 1 rings (SSSR count). The Balaban J connectivity index is 1.81. The molecule has 0 heterocycles. The van der Waals surface area contributed by atoms with E-state index in [1.54, 1.807) is 0 Å². The first kappa shape index (κ1) is 13.8. The van der Waals surface area contributed by atoms with E-state index in [1.165, 1.54) is 12.8 Å². The smallest absolute Gasteiger partial charge is 0.372 e. The number of hydrogen-bond donors (Lipinski definition) is 1. The molecule has 1 atom stereocenters. The number of nitrogens with two attached hydrogens (primary N) is 1. The van der Waals surface area contributed by atoms with Crippen molar-refractivity contribution >= 4 is 0 Å². The predicted molar refractivity (Wildman–Crippen MR) is 56.0 cm³/mol. The summed E-state index contributed by atoms with van der Waals surface area (Å²) in [6, 6.07) is 0.302. The molecule has 0 aliphatic heterocycles. The lowest BCUT2D eigenvalue weighted by Crippen LogP contribution is -2.22. The second-order valence-electron chi connectivity index (χ2n) is 4.52. The van der Waals surface area contributed by atoms with Crippen LogP contribution in [0.3, 0.4) is 0 Å². The van der Waals surface area contributed by atoms with Gasteiger partial charge >= 0.3 is 6.18 Å². The molecule has 0 bridgehead atoms. The number of alkyl halides is 3. The second kappa shape index (κ2) is 6.45. The Morgan fingerprint density at radius 3 is 2.44 bits per heavy atom. The van der Waals surface area contributed by atoms with Crippen molar-refractivity contribution in [3.8, 4) is 0 Å². The molecule has 96 valence electrons. The lowest BCUT2D eigenvalue weighted by Gasteiger charge is -2.10. The van der Waals surface area contributed by atoms with E-state index in [2.05, 4.69) is 4.74 Å². The molecular formula is C11H20F3NO. The van der Waals surface area contributed by atoms with E-state index in [4.69, 9.17) is 5.73 Å². The van der Waals surface area contributed by atoms with Gasteiger partial charge in [-0.2, -0.15) is 13.2 Å². The Bertz CT molecular complexity index is 192. The molecule has 0 saturated heterocycles. The third kappa shape index (κ3) is 7.06. The van der Waals surface area contributed by atoms with Crippen molar-refractivity contribution in [3.05, 3.63) is 0 Å². The molecule has 1 fully saturated rings. The lowest BCUT2D eigenvalue weighted by molar-refractivity contribution is -0.174. The molecule has 2 nitrogen and oxygen atoms in total. The van der Waals surface area contributed by atoms with Crippen LogP contribution in [-0.4, -0.2) is 25.4 Å². The fourth-order valence-electron chi connectivity index (χ4n) is 1.71. The Kier molecular flexibility index (Phi) is 5.55. The van der Waals surface area contributed by atoms with Crippen LogP contribution in [0.15, 0.2) is 0 Å². The zero-order chi connectivity index (χ0) is 12.0. The van der Waals surface area contributed by atoms with Gasteiger partial charge in [-0.1, -0.05) is 12.8 Å². The van der Waals surface area contributed by atoms with Gasteiger partial charge in [0, 0.05) is 12.6 Å². The zero-order valence-electron chi connectivity index (χ0n) is 9.43. The van der Waals surface area contributed by atoms with Crippen LogP contribution in [0.5, 0.6) is 0 Å². The summed E-state index contributed by atoms with van der Waals surface area (Å²) in [5.74, 6) is 0.710. The summed E-state index contributed by atoms with van der Waals surface area (Å²) in [6.45, 7) is -0.938. The maximum atomic E-state index is 11.7. The van der Waals surface area contributed by atoms with Gasteiger partial charge in [-0.15, -0.1) is 0 Å². The minimum absolute atomic E-state index is 0.193. The Labute approximate surface area is 94.3 Å². The third-order valence-corrected chi connectivity index (χ3v) is 2.82. The second-order valence-corrected chi connectivity index (χ2v) is 4.52. The fourth-order valence-corrected chi connectivity index (χ4v) is 1.71. The van der Waals surface area contributed by atoms with Crippen molar-refractivity contribution in [3.63, 3.8) is 0 Å². The maximum absolute atomic E-state index is 11.7. The Morgan fingerprint density at radius 1 is 1.19 bits per heavy atom. The number of unbranched alkanes of at least 4 members (excludes halogenated alkanes) is 2. The SMILES string of the molecule is NC(CCCCCOCC(F)(F)F)C1CC1. The minimum atomic E-state index is -4.20. The fraction of sp³-hybridized carbons (Fsp3) is 1.00. The van der Waals surface area contributed by atoms with E-state index in [0.29, 0.717) is 18.4 Å². The largest absolute Gasteiger partial charge is 0.411 e. The normalized spacial score (nSPS) is 18.8. The van der Waals surface area contributed by atoms with Crippen LogP contribution >= 0.6 is 0 Å². The molecule has 1 saturated carbocycles. The summed E-state index contributed by atoms with van der Waals surface area (Å²) < 4.78 is 39.6. The molecule has 0 amide bonds. The van der Waals surface area contributed by atoms with Gasteiger partial charge in [0.1, 0.15) is 6.61 Å². The average Bonchev–Trinajstić information content (AvgIpc) is 2.97. The van der Waals surface area contributed by atoms with Crippen molar-refractivity contribution in [1.82, 2.24) is 0 Å². The highest BCUT2D eigenvalue weighted by atomic mass is 19.4. The van der Waals surface area contributed by atoms with Crippen LogP contribution < -0.4 is 5.73 Å². The molecule has 0 aromatic rings. The molecule has 5 heteroatoms. The standard InChI is InChI=1S/C11H20F3NO/c12-11(13,14)8-16-7-3-1-2-4-10(15)9-5-6-9/h9-10H,1-8,15H2. The van der Waals surface area contributed by atoms with Crippen LogP contribution in [0.1, 0.15) is 38.5 Å². The molecule has 2 N–H and O–H groups in total. The number of ether oxygens (including phenoxy) is 1. The van der Waals surface area contributed by atoms with Gasteiger partial charge in [0.25, 0.3) is 0 Å². The molecule has 0 aromatic carbocycles. The van der Waals surface area contributed by atoms with Gasteiger partial charge in [-0.05, 0) is 31.6 Å². The topological polar surface area (TPSA) is 35.2 Å². The molecule has 1 aliphatic carbocycles. The lowest BCUT2D eigenvalue weighted by atomic mass is 10.1. The van der Waals surface area contributed by atoms with Crippen LogP contribution in [-0.2, 0) is 4.74 Å². The quantitative estimate of drug-likeness (QED) is 0.661. The van der Waals surface area contributed by atoms with Gasteiger partial charge < -0.3 is 10.5 Å². The highest BCUT2D eigenvalue weighted by molar-refractivity contribution is 4.83. The zero-order valence-corrected chi connectivity index (χ0v) is 9.43. The van der Waals surface area contributed by atoms with Crippen LogP contribution in [0, 0.1) is 5.92 Å². The van der Waals surface area contributed by atoms with Gasteiger partial charge in [-0.25, -0.2) is 0 Å². The van der Waals surface area contributed by atoms with E-state index in [-0.39, 0.29) is 6.61 Å². The van der Waals surface area contributed by atoms with E-state index in [0.717, 1.165) is 19.3 Å². The van der Waals surface area contributed by atoms with Crippen LogP contribution in [0.25, 0.3) is 0 Å². The molecule has 1 aliphatic rings. The van der Waals surface area contributed by atoms with Crippen LogP contribution in [0.4, 0.5) is 13.2 Å². The van der Waals surface area contributed by atoms with Gasteiger partial charge in [-0.3, -0.25) is 0 Å². The first-order valence-corrected chi connectivity index (χ1v) is 5.89. The third-order valence-electron chi connectivity index (χ3n) is 2.82. The highest BCUT2D eigenvalue weighted by Crippen LogP contribution is 2.33. The van der Waals surface area contributed by atoms with Crippen molar-refractivity contribution in [1.29, 1.82) is 0 Å². The minimum Gasteiger partial charge on any atom is -0.372 e. The van der Waals surface area contributed by atoms with Gasteiger partial charge in [0.2, 0.25) is 0 Å². The summed E-state index contributed by atoms with van der Waals surface area (Å²) in [6.07, 6.45) is 1.86. The first-order valence-electron chi connectivity index (χ1n) is 5.89.